The number of hydrogen-bond donors (Lipinski definition) is 2. The largest absolute Gasteiger partial charge is 0.336 e. The SMILES string of the molecule is CC(C)C(N)CNC(=O)N1CCCC1. The highest BCUT2D eigenvalue weighted by Gasteiger charge is 2.18. The molecule has 1 fully saturated rings. The minimum absolute atomic E-state index is 0.0404. The molecular weight excluding hydrogens is 178 g/mol. The molecule has 4 heteroatoms. The maximum atomic E-state index is 11.5. The van der Waals surface area contributed by atoms with Crippen molar-refractivity contribution in [2.24, 2.45) is 11.7 Å². The van der Waals surface area contributed by atoms with Gasteiger partial charge in [0.2, 0.25) is 0 Å². The quantitative estimate of drug-likeness (QED) is 0.705. The van der Waals surface area contributed by atoms with Crippen LogP contribution in [-0.2, 0) is 0 Å². The third-order valence-electron chi connectivity index (χ3n) is 2.74. The molecule has 0 aliphatic carbocycles. The first-order chi connectivity index (χ1) is 6.61. The molecule has 1 atom stereocenters. The van der Waals surface area contributed by atoms with E-state index >= 15 is 0 Å². The van der Waals surface area contributed by atoms with Gasteiger partial charge in [0.15, 0.2) is 0 Å². The number of carbonyl (C=O) groups excluding carboxylic acids is 1. The van der Waals surface area contributed by atoms with Crippen molar-refractivity contribution in [3.63, 3.8) is 0 Å². The van der Waals surface area contributed by atoms with Gasteiger partial charge in [0.1, 0.15) is 0 Å². The molecule has 1 saturated heterocycles. The molecule has 0 saturated carbocycles. The summed E-state index contributed by atoms with van der Waals surface area (Å²) in [6, 6.07) is 0.0974. The highest BCUT2D eigenvalue weighted by atomic mass is 16.2. The van der Waals surface area contributed by atoms with Crippen LogP contribution < -0.4 is 11.1 Å². The molecule has 0 aromatic heterocycles. The molecular formula is C10H21N3O. The molecule has 0 radical (unpaired) electrons. The van der Waals surface area contributed by atoms with E-state index in [-0.39, 0.29) is 12.1 Å². The van der Waals surface area contributed by atoms with E-state index in [4.69, 9.17) is 5.73 Å². The van der Waals surface area contributed by atoms with E-state index in [1.165, 1.54) is 0 Å². The van der Waals surface area contributed by atoms with Gasteiger partial charge in [0.25, 0.3) is 0 Å². The van der Waals surface area contributed by atoms with Crippen molar-refractivity contribution in [3.8, 4) is 0 Å². The van der Waals surface area contributed by atoms with E-state index in [1.54, 1.807) is 0 Å². The van der Waals surface area contributed by atoms with Crippen LogP contribution in [0.1, 0.15) is 26.7 Å². The highest BCUT2D eigenvalue weighted by molar-refractivity contribution is 5.74. The van der Waals surface area contributed by atoms with Gasteiger partial charge in [-0.3, -0.25) is 0 Å². The average Bonchev–Trinajstić information content (AvgIpc) is 2.66. The fourth-order valence-electron chi connectivity index (χ4n) is 1.47. The Labute approximate surface area is 85.8 Å². The molecule has 1 heterocycles. The van der Waals surface area contributed by atoms with Crippen molar-refractivity contribution < 1.29 is 4.79 Å². The Hall–Kier alpha value is -0.770. The Balaban J connectivity index is 2.20. The lowest BCUT2D eigenvalue weighted by atomic mass is 10.1. The lowest BCUT2D eigenvalue weighted by Gasteiger charge is -2.20. The molecule has 0 spiro atoms. The second-order valence-corrected chi connectivity index (χ2v) is 4.29. The maximum Gasteiger partial charge on any atom is 0.317 e. The number of rotatable bonds is 3. The summed E-state index contributed by atoms with van der Waals surface area (Å²) in [4.78, 5) is 13.4. The molecule has 2 amide bonds. The summed E-state index contributed by atoms with van der Waals surface area (Å²) in [5, 5.41) is 2.87. The second-order valence-electron chi connectivity index (χ2n) is 4.29. The molecule has 82 valence electrons. The standard InChI is InChI=1S/C10H21N3O/c1-8(2)9(11)7-12-10(14)13-5-3-4-6-13/h8-9H,3-7,11H2,1-2H3,(H,12,14). The number of urea groups is 1. The zero-order valence-electron chi connectivity index (χ0n) is 9.12. The predicted octanol–water partition coefficient (Wildman–Crippen LogP) is 0.775. The smallest absolute Gasteiger partial charge is 0.317 e. The van der Waals surface area contributed by atoms with Crippen LogP contribution in [0.4, 0.5) is 4.79 Å². The topological polar surface area (TPSA) is 58.4 Å². The summed E-state index contributed by atoms with van der Waals surface area (Å²) in [5.41, 5.74) is 5.83. The fraction of sp³-hybridized carbons (Fsp3) is 0.900. The van der Waals surface area contributed by atoms with E-state index < -0.39 is 0 Å². The van der Waals surface area contributed by atoms with Gasteiger partial charge in [-0.25, -0.2) is 4.79 Å². The Morgan fingerprint density at radius 2 is 2.00 bits per heavy atom. The van der Waals surface area contributed by atoms with E-state index in [2.05, 4.69) is 19.2 Å². The van der Waals surface area contributed by atoms with Gasteiger partial charge in [-0.1, -0.05) is 13.8 Å². The van der Waals surface area contributed by atoms with Crippen LogP contribution in [0.2, 0.25) is 0 Å². The molecule has 14 heavy (non-hydrogen) atoms. The van der Waals surface area contributed by atoms with Gasteiger partial charge in [-0.05, 0) is 18.8 Å². The van der Waals surface area contributed by atoms with Gasteiger partial charge >= 0.3 is 6.03 Å². The van der Waals surface area contributed by atoms with Crippen LogP contribution in [-0.4, -0.2) is 36.6 Å². The summed E-state index contributed by atoms with van der Waals surface area (Å²) in [7, 11) is 0. The van der Waals surface area contributed by atoms with Crippen LogP contribution in [0.3, 0.4) is 0 Å². The third-order valence-corrected chi connectivity index (χ3v) is 2.74. The van der Waals surface area contributed by atoms with Gasteiger partial charge in [-0.2, -0.15) is 0 Å². The molecule has 4 nitrogen and oxygen atoms in total. The number of likely N-dealkylation sites (tertiary alicyclic amines) is 1. The molecule has 0 aromatic rings. The second kappa shape index (κ2) is 5.20. The number of nitrogens with zero attached hydrogens (tertiary/aromatic N) is 1. The summed E-state index contributed by atoms with van der Waals surface area (Å²) in [6.45, 7) is 6.48. The fourth-order valence-corrected chi connectivity index (χ4v) is 1.47. The number of hydrogen-bond acceptors (Lipinski definition) is 2. The van der Waals surface area contributed by atoms with Gasteiger partial charge in [0, 0.05) is 25.7 Å². The van der Waals surface area contributed by atoms with Crippen molar-refractivity contribution in [1.82, 2.24) is 10.2 Å². The van der Waals surface area contributed by atoms with E-state index in [0.717, 1.165) is 25.9 Å². The third kappa shape index (κ3) is 3.18. The molecule has 3 N–H and O–H groups in total. The number of carbonyl (C=O) groups is 1. The normalized spacial score (nSPS) is 18.7. The summed E-state index contributed by atoms with van der Waals surface area (Å²) in [6.07, 6.45) is 2.26. The van der Waals surface area contributed by atoms with Crippen molar-refractivity contribution >= 4 is 6.03 Å². The van der Waals surface area contributed by atoms with E-state index in [0.29, 0.717) is 12.5 Å². The maximum absolute atomic E-state index is 11.5. The first-order valence-electron chi connectivity index (χ1n) is 5.39. The molecule has 1 rings (SSSR count). The zero-order chi connectivity index (χ0) is 10.6. The number of nitrogens with two attached hydrogens (primary N) is 1. The minimum Gasteiger partial charge on any atom is -0.336 e. The molecule has 0 aromatic carbocycles. The van der Waals surface area contributed by atoms with Crippen LogP contribution in [0.25, 0.3) is 0 Å². The molecule has 1 aliphatic heterocycles. The summed E-state index contributed by atoms with van der Waals surface area (Å²) < 4.78 is 0. The lowest BCUT2D eigenvalue weighted by Crippen LogP contribution is -2.45. The van der Waals surface area contributed by atoms with E-state index in [9.17, 15) is 4.79 Å². The van der Waals surface area contributed by atoms with Crippen LogP contribution in [0.5, 0.6) is 0 Å². The summed E-state index contributed by atoms with van der Waals surface area (Å²) >= 11 is 0. The highest BCUT2D eigenvalue weighted by Crippen LogP contribution is 2.07. The Morgan fingerprint density at radius 3 is 2.50 bits per heavy atom. The van der Waals surface area contributed by atoms with Crippen LogP contribution in [0.15, 0.2) is 0 Å². The van der Waals surface area contributed by atoms with Crippen molar-refractivity contribution in [3.05, 3.63) is 0 Å². The Kier molecular flexibility index (Phi) is 4.20. The average molecular weight is 199 g/mol. The van der Waals surface area contributed by atoms with Crippen molar-refractivity contribution in [2.75, 3.05) is 19.6 Å². The zero-order valence-corrected chi connectivity index (χ0v) is 9.12. The Bertz CT molecular complexity index is 188. The first kappa shape index (κ1) is 11.3. The van der Waals surface area contributed by atoms with Crippen LogP contribution in [0, 0.1) is 5.92 Å². The van der Waals surface area contributed by atoms with Crippen molar-refractivity contribution in [2.45, 2.75) is 32.7 Å². The summed E-state index contributed by atoms with van der Waals surface area (Å²) in [5.74, 6) is 0.411. The first-order valence-corrected chi connectivity index (χ1v) is 5.39. The van der Waals surface area contributed by atoms with Gasteiger partial charge in [0.05, 0.1) is 0 Å². The van der Waals surface area contributed by atoms with Crippen molar-refractivity contribution in [1.29, 1.82) is 0 Å². The van der Waals surface area contributed by atoms with Gasteiger partial charge in [-0.15, -0.1) is 0 Å². The lowest BCUT2D eigenvalue weighted by molar-refractivity contribution is 0.207. The number of nitrogens with one attached hydrogen (secondary N) is 1. The predicted molar refractivity (Wildman–Crippen MR) is 57.0 cm³/mol. The van der Waals surface area contributed by atoms with Gasteiger partial charge < -0.3 is 16.0 Å². The minimum atomic E-state index is 0.0404. The molecule has 1 unspecified atom stereocenters. The molecule has 0 bridgehead atoms. The van der Waals surface area contributed by atoms with Crippen LogP contribution >= 0.6 is 0 Å². The monoisotopic (exact) mass is 199 g/mol. The Morgan fingerprint density at radius 1 is 1.43 bits per heavy atom. The van der Waals surface area contributed by atoms with E-state index in [1.807, 2.05) is 4.90 Å². The number of amides is 2. The molecule has 1 aliphatic rings.